The molecule has 1 atom stereocenters. The van der Waals surface area contributed by atoms with Gasteiger partial charge in [-0.1, -0.05) is 0 Å². The molecule has 1 rings (SSSR count). The fraction of sp³-hybridized carbons (Fsp3) is 0.875. The number of nitrogens with zero attached hydrogens (tertiary/aromatic N) is 1. The van der Waals surface area contributed by atoms with Crippen molar-refractivity contribution in [3.63, 3.8) is 0 Å². The number of aliphatic hydroxyl groups is 1. The molecule has 1 unspecified atom stereocenters. The third-order valence-electron chi connectivity index (χ3n) is 2.17. The number of aliphatic hydroxyl groups excluding tert-OH is 1. The van der Waals surface area contributed by atoms with Gasteiger partial charge >= 0.3 is 0 Å². The van der Waals surface area contributed by atoms with Crippen LogP contribution < -0.4 is 10.6 Å². The van der Waals surface area contributed by atoms with Crippen LogP contribution >= 0.6 is 0 Å². The first-order chi connectivity index (χ1) is 5.83. The Morgan fingerprint density at radius 1 is 1.67 bits per heavy atom. The summed E-state index contributed by atoms with van der Waals surface area (Å²) in [5, 5.41) is 23.8. The molecule has 4 nitrogen and oxygen atoms in total. The highest BCUT2D eigenvalue weighted by Crippen LogP contribution is 2.14. The van der Waals surface area contributed by atoms with Crippen molar-refractivity contribution >= 4 is 0 Å². The fourth-order valence-electron chi connectivity index (χ4n) is 1.49. The van der Waals surface area contributed by atoms with E-state index < -0.39 is 5.54 Å². The Balaban J connectivity index is 2.44. The molecule has 1 aliphatic rings. The lowest BCUT2D eigenvalue weighted by Crippen LogP contribution is -2.55. The molecule has 68 valence electrons. The van der Waals surface area contributed by atoms with Crippen LogP contribution in [0.2, 0.25) is 0 Å². The number of hydrogen-bond acceptors (Lipinski definition) is 4. The molecule has 0 aliphatic carbocycles. The van der Waals surface area contributed by atoms with Crippen LogP contribution in [0.15, 0.2) is 0 Å². The monoisotopic (exact) mass is 169 g/mol. The van der Waals surface area contributed by atoms with Crippen molar-refractivity contribution in [3.8, 4) is 6.07 Å². The maximum absolute atomic E-state index is 8.93. The summed E-state index contributed by atoms with van der Waals surface area (Å²) in [4.78, 5) is 0. The average Bonchev–Trinajstić information content (AvgIpc) is 2.16. The fourth-order valence-corrected chi connectivity index (χ4v) is 1.49. The van der Waals surface area contributed by atoms with Gasteiger partial charge in [0.2, 0.25) is 0 Å². The molecule has 0 radical (unpaired) electrons. The molecule has 1 heterocycles. The van der Waals surface area contributed by atoms with Crippen LogP contribution in [0.1, 0.15) is 12.8 Å². The first kappa shape index (κ1) is 9.46. The number of nitrogens with one attached hydrogen (secondary N) is 2. The Morgan fingerprint density at radius 3 is 3.00 bits per heavy atom. The first-order valence-electron chi connectivity index (χ1n) is 4.31. The van der Waals surface area contributed by atoms with Crippen molar-refractivity contribution in [2.45, 2.75) is 18.4 Å². The third kappa shape index (κ3) is 2.18. The summed E-state index contributed by atoms with van der Waals surface area (Å²) >= 11 is 0. The van der Waals surface area contributed by atoms with Crippen molar-refractivity contribution in [2.24, 2.45) is 0 Å². The second-order valence-corrected chi connectivity index (χ2v) is 3.12. The van der Waals surface area contributed by atoms with E-state index >= 15 is 0 Å². The van der Waals surface area contributed by atoms with Crippen molar-refractivity contribution < 1.29 is 5.11 Å². The van der Waals surface area contributed by atoms with Crippen molar-refractivity contribution in [2.75, 3.05) is 26.2 Å². The van der Waals surface area contributed by atoms with Gasteiger partial charge in [-0.15, -0.1) is 0 Å². The first-order valence-corrected chi connectivity index (χ1v) is 4.31. The molecule has 0 aromatic heterocycles. The lowest BCUT2D eigenvalue weighted by atomic mass is 9.92. The van der Waals surface area contributed by atoms with E-state index in [0.29, 0.717) is 13.1 Å². The quantitative estimate of drug-likeness (QED) is 0.518. The number of nitriles is 1. The summed E-state index contributed by atoms with van der Waals surface area (Å²) in [5.41, 5.74) is -0.443. The Labute approximate surface area is 72.6 Å². The van der Waals surface area contributed by atoms with Crippen LogP contribution in [-0.4, -0.2) is 36.9 Å². The summed E-state index contributed by atoms with van der Waals surface area (Å²) in [6.45, 7) is 2.26. The second kappa shape index (κ2) is 4.41. The number of hydrogen-bond donors (Lipinski definition) is 3. The van der Waals surface area contributed by atoms with Crippen molar-refractivity contribution in [3.05, 3.63) is 0 Å². The summed E-state index contributed by atoms with van der Waals surface area (Å²) in [6.07, 6.45) is 1.89. The van der Waals surface area contributed by atoms with E-state index in [0.717, 1.165) is 19.4 Å². The molecule has 1 saturated heterocycles. The molecule has 1 aliphatic heterocycles. The minimum atomic E-state index is -0.443. The molecule has 0 saturated carbocycles. The van der Waals surface area contributed by atoms with Gasteiger partial charge in [-0.2, -0.15) is 5.26 Å². The number of rotatable bonds is 3. The van der Waals surface area contributed by atoms with Crippen molar-refractivity contribution in [1.82, 2.24) is 10.6 Å². The average molecular weight is 169 g/mol. The predicted molar refractivity (Wildman–Crippen MR) is 45.5 cm³/mol. The minimum absolute atomic E-state index is 0.0867. The molecule has 3 N–H and O–H groups in total. The summed E-state index contributed by atoms with van der Waals surface area (Å²) in [5.74, 6) is 0. The third-order valence-corrected chi connectivity index (χ3v) is 2.17. The van der Waals surface area contributed by atoms with Crippen LogP contribution in [0.25, 0.3) is 0 Å². The van der Waals surface area contributed by atoms with Gasteiger partial charge in [0.1, 0.15) is 5.54 Å². The van der Waals surface area contributed by atoms with Gasteiger partial charge in [-0.05, 0) is 19.4 Å². The van der Waals surface area contributed by atoms with Gasteiger partial charge in [-0.25, -0.2) is 0 Å². The Bertz CT molecular complexity index is 170. The smallest absolute Gasteiger partial charge is 0.119 e. The highest BCUT2D eigenvalue weighted by Gasteiger charge is 2.30. The zero-order valence-electron chi connectivity index (χ0n) is 7.14. The van der Waals surface area contributed by atoms with Crippen LogP contribution in [0, 0.1) is 11.3 Å². The van der Waals surface area contributed by atoms with Crippen LogP contribution in [-0.2, 0) is 0 Å². The number of piperidine rings is 1. The van der Waals surface area contributed by atoms with E-state index in [9.17, 15) is 0 Å². The van der Waals surface area contributed by atoms with Gasteiger partial charge in [0.05, 0.1) is 12.7 Å². The van der Waals surface area contributed by atoms with Gasteiger partial charge in [0, 0.05) is 13.1 Å². The van der Waals surface area contributed by atoms with E-state index in [2.05, 4.69) is 16.7 Å². The molecule has 0 aromatic rings. The highest BCUT2D eigenvalue weighted by molar-refractivity contribution is 5.10. The zero-order chi connectivity index (χ0) is 8.86. The second-order valence-electron chi connectivity index (χ2n) is 3.12. The van der Waals surface area contributed by atoms with Crippen LogP contribution in [0.4, 0.5) is 0 Å². The van der Waals surface area contributed by atoms with E-state index in [1.54, 1.807) is 0 Å². The lowest BCUT2D eigenvalue weighted by molar-refractivity contribution is 0.252. The van der Waals surface area contributed by atoms with E-state index in [4.69, 9.17) is 10.4 Å². The topological polar surface area (TPSA) is 68.1 Å². The Hall–Kier alpha value is -0.630. The largest absolute Gasteiger partial charge is 0.395 e. The van der Waals surface area contributed by atoms with E-state index in [-0.39, 0.29) is 6.61 Å². The molecular formula is C8H15N3O. The van der Waals surface area contributed by atoms with Gasteiger partial charge in [-0.3, -0.25) is 5.32 Å². The van der Waals surface area contributed by atoms with Gasteiger partial charge in [0.15, 0.2) is 0 Å². The predicted octanol–water partition coefficient (Wildman–Crippen LogP) is -0.786. The molecule has 4 heteroatoms. The van der Waals surface area contributed by atoms with E-state index in [1.807, 2.05) is 0 Å². The highest BCUT2D eigenvalue weighted by atomic mass is 16.3. The molecule has 1 fully saturated rings. The lowest BCUT2D eigenvalue weighted by Gasteiger charge is -2.32. The Morgan fingerprint density at radius 2 is 2.50 bits per heavy atom. The maximum atomic E-state index is 8.93. The van der Waals surface area contributed by atoms with Crippen LogP contribution in [0.3, 0.4) is 0 Å². The Kier molecular flexibility index (Phi) is 3.48. The standard InChI is InChI=1S/C8H15N3O/c9-6-8(11-4-5-12)2-1-3-10-7-8/h10-12H,1-5,7H2. The normalized spacial score (nSPS) is 29.7. The maximum Gasteiger partial charge on any atom is 0.119 e. The molecule has 0 spiro atoms. The zero-order valence-corrected chi connectivity index (χ0v) is 7.14. The van der Waals surface area contributed by atoms with Crippen molar-refractivity contribution in [1.29, 1.82) is 5.26 Å². The number of β-amino-alcohol motifs (C(OH)–C–C–N with tert-alkyl or cyclic N) is 1. The summed E-state index contributed by atoms with van der Waals surface area (Å²) < 4.78 is 0. The molecular weight excluding hydrogens is 154 g/mol. The molecule has 12 heavy (non-hydrogen) atoms. The SMILES string of the molecule is N#CC1(NCCO)CCCNC1. The summed E-state index contributed by atoms with van der Waals surface area (Å²) in [6, 6.07) is 2.27. The van der Waals surface area contributed by atoms with Crippen LogP contribution in [0.5, 0.6) is 0 Å². The molecule has 0 bridgehead atoms. The molecule has 0 aromatic carbocycles. The molecule has 0 amide bonds. The minimum Gasteiger partial charge on any atom is -0.395 e. The summed E-state index contributed by atoms with van der Waals surface area (Å²) in [7, 11) is 0. The van der Waals surface area contributed by atoms with E-state index in [1.165, 1.54) is 0 Å². The van der Waals surface area contributed by atoms with Gasteiger partial charge in [0.25, 0.3) is 0 Å². The van der Waals surface area contributed by atoms with Gasteiger partial charge < -0.3 is 10.4 Å².